The van der Waals surface area contributed by atoms with E-state index in [0.717, 1.165) is 44.1 Å². The average Bonchev–Trinajstić information content (AvgIpc) is 3.98. The maximum Gasteiger partial charge on any atom is 0.107 e. The summed E-state index contributed by atoms with van der Waals surface area (Å²) in [7, 11) is 0. The van der Waals surface area contributed by atoms with Gasteiger partial charge in [-0.15, -0.1) is 54.0 Å². The van der Waals surface area contributed by atoms with Gasteiger partial charge in [-0.3, -0.25) is 4.98 Å². The summed E-state index contributed by atoms with van der Waals surface area (Å²) < 4.78 is 9.12. The van der Waals surface area contributed by atoms with Crippen LogP contribution in [0.25, 0.3) is 64.5 Å². The number of nitrogens with zero attached hydrogens (tertiary/aromatic N) is 3. The van der Waals surface area contributed by atoms with E-state index in [-0.39, 0.29) is 26.5 Å². The van der Waals surface area contributed by atoms with E-state index in [2.05, 4.69) is 190 Å². The van der Waals surface area contributed by atoms with Gasteiger partial charge in [0.25, 0.3) is 0 Å². The van der Waals surface area contributed by atoms with Crippen molar-refractivity contribution in [2.75, 3.05) is 9.80 Å². The molecule has 0 bridgehead atoms. The number of allylic oxidation sites excluding steroid dienone is 2. The minimum atomic E-state index is -0.00645. The molecule has 4 nitrogen and oxygen atoms in total. The first kappa shape index (κ1) is 39.0. The average molecular weight is 982 g/mol. The summed E-state index contributed by atoms with van der Waals surface area (Å²) in [6.45, 7) is 13.3. The molecular formula is C52H40N3OPtS2-3. The first-order chi connectivity index (χ1) is 28.2. The minimum absolute atomic E-state index is 0. The van der Waals surface area contributed by atoms with Gasteiger partial charge < -0.3 is 14.5 Å². The van der Waals surface area contributed by atoms with Crippen LogP contribution in [0.15, 0.2) is 156 Å². The SMILES string of the molecule is CC1=C(C)N(c2c(-c3ccccc3)cccc2-c2ccccc2)[CH-]N1c1[c-]c(Oc2[c-]c3c(-c4cc(C(C)(C)C)ccn4)cc4c(ccc5ccsc54)c3s2)ccc1.[Pt]. The summed E-state index contributed by atoms with van der Waals surface area (Å²) in [5.74, 6) is 0.631. The Morgan fingerprint density at radius 3 is 2.07 bits per heavy atom. The van der Waals surface area contributed by atoms with Crippen LogP contribution in [0.3, 0.4) is 0 Å². The van der Waals surface area contributed by atoms with Gasteiger partial charge in [0.05, 0.1) is 0 Å². The van der Waals surface area contributed by atoms with Gasteiger partial charge in [-0.2, -0.15) is 22.8 Å². The Bertz CT molecular complexity index is 2980. The molecule has 0 unspecified atom stereocenters. The Morgan fingerprint density at radius 2 is 1.36 bits per heavy atom. The van der Waals surface area contributed by atoms with Crippen molar-refractivity contribution in [3.8, 4) is 44.3 Å². The van der Waals surface area contributed by atoms with Gasteiger partial charge in [-0.05, 0) is 70.3 Å². The second-order valence-electron chi connectivity index (χ2n) is 15.8. The standard InChI is InChI=1S/C52H40N3OS2.Pt/c1-33-34(2)55(49-41(35-14-8-6-9-15-35)20-13-21-42(49)36-16-10-7-11-17-36)32-54(33)39-18-12-19-40(29-39)56-48-31-46-44(47-28-38(24-26-53-47)52(3,4)5)30-45-43(51(46)58-48)23-22-37-25-27-57-50(37)45;/h6-28,30,32H,1-5H3;/q-3;. The summed E-state index contributed by atoms with van der Waals surface area (Å²) in [5.41, 5.74) is 12.2. The van der Waals surface area contributed by atoms with Gasteiger partial charge in [0.15, 0.2) is 0 Å². The summed E-state index contributed by atoms with van der Waals surface area (Å²) in [6.07, 6.45) is 1.93. The predicted molar refractivity (Wildman–Crippen MR) is 246 cm³/mol. The summed E-state index contributed by atoms with van der Waals surface area (Å²) >= 11 is 3.41. The van der Waals surface area contributed by atoms with Crippen molar-refractivity contribution < 1.29 is 25.8 Å². The molecule has 10 rings (SSSR count). The molecule has 0 amide bonds. The molecule has 6 aromatic carbocycles. The second kappa shape index (κ2) is 15.6. The number of thiophene rings is 2. The van der Waals surface area contributed by atoms with Crippen LogP contribution in [0.1, 0.15) is 40.2 Å². The fourth-order valence-electron chi connectivity index (χ4n) is 7.96. The van der Waals surface area contributed by atoms with Gasteiger partial charge in [0.2, 0.25) is 0 Å². The summed E-state index contributed by atoms with van der Waals surface area (Å²) in [4.78, 5) is 9.43. The van der Waals surface area contributed by atoms with Gasteiger partial charge in [0, 0.05) is 71.6 Å². The molecule has 59 heavy (non-hydrogen) atoms. The Labute approximate surface area is 368 Å². The van der Waals surface area contributed by atoms with E-state index < -0.39 is 0 Å². The van der Waals surface area contributed by atoms with Crippen LogP contribution in [0.2, 0.25) is 0 Å². The first-order valence-electron chi connectivity index (χ1n) is 19.5. The molecule has 3 aromatic heterocycles. The van der Waals surface area contributed by atoms with Crippen LogP contribution in [0.4, 0.5) is 11.4 Å². The molecule has 1 aliphatic rings. The fraction of sp³-hybridized carbons (Fsp3) is 0.115. The molecule has 7 heteroatoms. The van der Waals surface area contributed by atoms with Crippen molar-refractivity contribution in [3.63, 3.8) is 0 Å². The molecule has 0 aliphatic carbocycles. The van der Waals surface area contributed by atoms with E-state index in [1.54, 1.807) is 22.7 Å². The maximum absolute atomic E-state index is 6.70. The van der Waals surface area contributed by atoms with Crippen LogP contribution in [0.5, 0.6) is 10.8 Å². The molecule has 294 valence electrons. The van der Waals surface area contributed by atoms with Crippen LogP contribution in [0, 0.1) is 18.8 Å². The van der Waals surface area contributed by atoms with E-state index in [1.807, 2.05) is 18.3 Å². The third-order valence-corrected chi connectivity index (χ3v) is 13.1. The molecular weight excluding hydrogens is 942 g/mol. The normalized spacial score (nSPS) is 13.2. The number of pyridine rings is 1. The number of para-hydroxylation sites is 1. The Balaban J connectivity index is 0.00000449. The zero-order valence-electron chi connectivity index (χ0n) is 33.3. The monoisotopic (exact) mass is 981 g/mol. The van der Waals surface area contributed by atoms with Gasteiger partial charge in [0.1, 0.15) is 5.06 Å². The van der Waals surface area contributed by atoms with Crippen LogP contribution < -0.4 is 14.5 Å². The quantitative estimate of drug-likeness (QED) is 0.149. The Morgan fingerprint density at radius 1 is 0.661 bits per heavy atom. The molecule has 1 aliphatic heterocycles. The molecule has 0 saturated carbocycles. The molecule has 4 heterocycles. The van der Waals surface area contributed by atoms with Crippen molar-refractivity contribution in [1.82, 2.24) is 4.98 Å². The van der Waals surface area contributed by atoms with Gasteiger partial charge >= 0.3 is 0 Å². The van der Waals surface area contributed by atoms with Crippen molar-refractivity contribution >= 4 is 65.0 Å². The Hall–Kier alpha value is -5.52. The molecule has 0 saturated heterocycles. The van der Waals surface area contributed by atoms with Crippen molar-refractivity contribution in [1.29, 1.82) is 0 Å². The minimum Gasteiger partial charge on any atom is -0.497 e. The summed E-state index contributed by atoms with van der Waals surface area (Å²) in [6, 6.07) is 54.5. The first-order valence-corrected chi connectivity index (χ1v) is 21.2. The predicted octanol–water partition coefficient (Wildman–Crippen LogP) is 15.1. The third-order valence-electron chi connectivity index (χ3n) is 11.2. The maximum atomic E-state index is 6.70. The van der Waals surface area contributed by atoms with Gasteiger partial charge in [-0.25, -0.2) is 0 Å². The molecule has 0 atom stereocenters. The number of ether oxygens (including phenoxy) is 1. The van der Waals surface area contributed by atoms with E-state index in [0.29, 0.717) is 10.8 Å². The molecule has 0 N–H and O–H groups in total. The second-order valence-corrected chi connectivity index (χ2v) is 17.7. The largest absolute Gasteiger partial charge is 0.497 e. The fourth-order valence-corrected chi connectivity index (χ4v) is 9.90. The van der Waals surface area contributed by atoms with Crippen LogP contribution in [-0.2, 0) is 26.5 Å². The van der Waals surface area contributed by atoms with Crippen molar-refractivity contribution in [2.45, 2.75) is 40.0 Å². The number of rotatable bonds is 7. The molecule has 0 radical (unpaired) electrons. The molecule has 9 aromatic rings. The number of hydrogen-bond donors (Lipinski definition) is 0. The molecule has 0 spiro atoms. The van der Waals surface area contributed by atoms with Crippen LogP contribution in [-0.4, -0.2) is 4.98 Å². The van der Waals surface area contributed by atoms with E-state index >= 15 is 0 Å². The number of aromatic nitrogens is 1. The third kappa shape index (κ3) is 7.07. The topological polar surface area (TPSA) is 28.6 Å². The number of fused-ring (bicyclic) bond motifs is 5. The Kier molecular flexibility index (Phi) is 10.3. The number of anilines is 2. The van der Waals surface area contributed by atoms with Crippen molar-refractivity contribution in [2.24, 2.45) is 0 Å². The zero-order valence-corrected chi connectivity index (χ0v) is 37.2. The van der Waals surface area contributed by atoms with E-state index in [4.69, 9.17) is 9.72 Å². The number of benzene rings is 6. The molecule has 0 fully saturated rings. The van der Waals surface area contributed by atoms with E-state index in [9.17, 15) is 0 Å². The smallest absolute Gasteiger partial charge is 0.107 e. The van der Waals surface area contributed by atoms with Gasteiger partial charge in [-0.1, -0.05) is 127 Å². The summed E-state index contributed by atoms with van der Waals surface area (Å²) in [5, 5.41) is 7.55. The van der Waals surface area contributed by atoms with Crippen molar-refractivity contribution in [3.05, 3.63) is 181 Å². The zero-order chi connectivity index (χ0) is 39.5. The van der Waals surface area contributed by atoms with Crippen LogP contribution >= 0.6 is 22.7 Å². The number of hydrogen-bond acceptors (Lipinski definition) is 6. The van der Waals surface area contributed by atoms with E-state index in [1.165, 1.54) is 48.7 Å².